The van der Waals surface area contributed by atoms with E-state index >= 15 is 0 Å². The lowest BCUT2D eigenvalue weighted by atomic mass is 10.2. The highest BCUT2D eigenvalue weighted by Gasteiger charge is 2.33. The van der Waals surface area contributed by atoms with Crippen molar-refractivity contribution in [3.8, 4) is 17.5 Å². The van der Waals surface area contributed by atoms with Crippen LogP contribution < -0.4 is 4.31 Å². The monoisotopic (exact) mass is 463 g/mol. The lowest BCUT2D eigenvalue weighted by molar-refractivity contribution is 0.554. The molecule has 0 spiro atoms. The Morgan fingerprint density at radius 1 is 1.00 bits per heavy atom. The highest BCUT2D eigenvalue weighted by atomic mass is 35.5. The lowest BCUT2D eigenvalue weighted by Gasteiger charge is -2.23. The molecule has 4 aromatic rings. The van der Waals surface area contributed by atoms with Gasteiger partial charge in [-0.05, 0) is 42.3 Å². The van der Waals surface area contributed by atoms with Gasteiger partial charge in [0.05, 0.1) is 11.4 Å². The van der Waals surface area contributed by atoms with Gasteiger partial charge in [0.2, 0.25) is 17.5 Å². The molecule has 0 saturated carbocycles. The predicted molar refractivity (Wildman–Crippen MR) is 123 cm³/mol. The number of aromatic nitrogens is 1. The van der Waals surface area contributed by atoms with Crippen LogP contribution >= 0.6 is 11.6 Å². The van der Waals surface area contributed by atoms with Crippen LogP contribution in [0.5, 0.6) is 0 Å². The molecule has 4 rings (SSSR count). The number of rotatable bonds is 6. The maximum Gasteiger partial charge on any atom is 0.267 e. The van der Waals surface area contributed by atoms with Gasteiger partial charge in [-0.3, -0.25) is 0 Å². The number of hydrogen-bond donors (Lipinski definition) is 0. The first kappa shape index (κ1) is 21.6. The van der Waals surface area contributed by atoms with E-state index in [2.05, 4.69) is 4.98 Å². The van der Waals surface area contributed by atoms with Crippen LogP contribution in [0.2, 0.25) is 5.02 Å². The Balaban J connectivity index is 1.90. The standard InChI is InChI=1S/C24H18ClN3O3S/c1-17-20(25)13-8-14-22(17)32(29,30)28(16-18-9-4-2-5-10-18)24-21(15-26)27-23(31-24)19-11-6-3-7-12-19/h2-14H,16H2,1H3. The van der Waals surface area contributed by atoms with Gasteiger partial charge in [0.25, 0.3) is 10.0 Å². The molecule has 6 nitrogen and oxygen atoms in total. The lowest BCUT2D eigenvalue weighted by Crippen LogP contribution is -2.31. The van der Waals surface area contributed by atoms with E-state index in [0.29, 0.717) is 16.1 Å². The molecular formula is C24H18ClN3O3S. The fraction of sp³-hybridized carbons (Fsp3) is 0.0833. The Hall–Kier alpha value is -3.60. The van der Waals surface area contributed by atoms with Gasteiger partial charge in [-0.15, -0.1) is 0 Å². The number of nitriles is 1. The van der Waals surface area contributed by atoms with E-state index in [-0.39, 0.29) is 28.9 Å². The molecule has 0 bridgehead atoms. The molecule has 0 N–H and O–H groups in total. The summed E-state index contributed by atoms with van der Waals surface area (Å²) in [6.45, 7) is 1.59. The first-order valence-corrected chi connectivity index (χ1v) is 11.5. The SMILES string of the molecule is Cc1c(Cl)cccc1S(=O)(=O)N(Cc1ccccc1)c1oc(-c2ccccc2)nc1C#N. The summed E-state index contributed by atoms with van der Waals surface area (Å²) in [4.78, 5) is 4.28. The number of oxazole rings is 1. The Labute approximate surface area is 191 Å². The van der Waals surface area contributed by atoms with Crippen LogP contribution in [0.4, 0.5) is 5.88 Å². The fourth-order valence-corrected chi connectivity index (χ4v) is 5.14. The van der Waals surface area contributed by atoms with E-state index in [4.69, 9.17) is 16.0 Å². The molecule has 8 heteroatoms. The third-order valence-electron chi connectivity index (χ3n) is 4.92. The van der Waals surface area contributed by atoms with Gasteiger partial charge in [0, 0.05) is 10.6 Å². The quantitative estimate of drug-likeness (QED) is 0.373. The summed E-state index contributed by atoms with van der Waals surface area (Å²) in [7, 11) is -4.14. The van der Waals surface area contributed by atoms with Crippen molar-refractivity contribution in [2.24, 2.45) is 0 Å². The third kappa shape index (κ3) is 4.11. The number of sulfonamides is 1. The normalized spacial score (nSPS) is 11.2. The largest absolute Gasteiger partial charge is 0.418 e. The molecule has 0 aliphatic heterocycles. The van der Waals surface area contributed by atoms with Crippen LogP contribution in [-0.2, 0) is 16.6 Å². The molecule has 160 valence electrons. The summed E-state index contributed by atoms with van der Waals surface area (Å²) in [6, 6.07) is 24.7. The zero-order valence-corrected chi connectivity index (χ0v) is 18.6. The van der Waals surface area contributed by atoms with Crippen molar-refractivity contribution in [2.75, 3.05) is 4.31 Å². The maximum atomic E-state index is 13.8. The Kier molecular flexibility index (Phi) is 5.99. The van der Waals surface area contributed by atoms with Crippen molar-refractivity contribution in [3.05, 3.63) is 101 Å². The van der Waals surface area contributed by atoms with Crippen LogP contribution in [0.25, 0.3) is 11.5 Å². The molecule has 0 amide bonds. The van der Waals surface area contributed by atoms with Gasteiger partial charge in [-0.2, -0.15) is 10.2 Å². The summed E-state index contributed by atoms with van der Waals surface area (Å²) in [5.41, 5.74) is 1.64. The van der Waals surface area contributed by atoms with Crippen molar-refractivity contribution < 1.29 is 12.8 Å². The second kappa shape index (κ2) is 8.87. The van der Waals surface area contributed by atoms with Gasteiger partial charge in [-0.25, -0.2) is 12.7 Å². The topological polar surface area (TPSA) is 87.2 Å². The summed E-state index contributed by atoms with van der Waals surface area (Å²) >= 11 is 6.20. The Morgan fingerprint density at radius 2 is 1.66 bits per heavy atom. The maximum absolute atomic E-state index is 13.8. The van der Waals surface area contributed by atoms with Crippen molar-refractivity contribution in [1.82, 2.24) is 4.98 Å². The highest BCUT2D eigenvalue weighted by molar-refractivity contribution is 7.92. The van der Waals surface area contributed by atoms with Crippen LogP contribution in [-0.4, -0.2) is 13.4 Å². The average molecular weight is 464 g/mol. The summed E-state index contributed by atoms with van der Waals surface area (Å²) in [5, 5.41) is 10.0. The van der Waals surface area contributed by atoms with Gasteiger partial charge in [0.15, 0.2) is 0 Å². The molecule has 0 fully saturated rings. The molecule has 0 aliphatic rings. The van der Waals surface area contributed by atoms with Gasteiger partial charge in [-0.1, -0.05) is 66.2 Å². The number of nitrogens with zero attached hydrogens (tertiary/aromatic N) is 3. The Bertz CT molecular complexity index is 1400. The van der Waals surface area contributed by atoms with Crippen molar-refractivity contribution in [1.29, 1.82) is 5.26 Å². The van der Waals surface area contributed by atoms with Crippen molar-refractivity contribution >= 4 is 27.5 Å². The van der Waals surface area contributed by atoms with Crippen molar-refractivity contribution in [3.63, 3.8) is 0 Å². The van der Waals surface area contributed by atoms with E-state index in [9.17, 15) is 13.7 Å². The fourth-order valence-electron chi connectivity index (χ4n) is 3.26. The van der Waals surface area contributed by atoms with Crippen LogP contribution in [0.1, 0.15) is 16.8 Å². The van der Waals surface area contributed by atoms with E-state index in [1.807, 2.05) is 30.3 Å². The molecular weight excluding hydrogens is 446 g/mol. The minimum absolute atomic E-state index is 0.0301. The van der Waals surface area contributed by atoms with Gasteiger partial charge < -0.3 is 4.42 Å². The van der Waals surface area contributed by atoms with E-state index < -0.39 is 10.0 Å². The third-order valence-corrected chi connectivity index (χ3v) is 7.20. The average Bonchev–Trinajstić information content (AvgIpc) is 3.24. The van der Waals surface area contributed by atoms with E-state index in [0.717, 1.165) is 9.87 Å². The zero-order chi connectivity index (χ0) is 22.7. The number of hydrogen-bond acceptors (Lipinski definition) is 5. The minimum Gasteiger partial charge on any atom is -0.418 e. The van der Waals surface area contributed by atoms with E-state index in [1.54, 1.807) is 55.5 Å². The number of benzene rings is 3. The second-order valence-corrected chi connectivity index (χ2v) is 9.25. The van der Waals surface area contributed by atoms with Gasteiger partial charge >= 0.3 is 0 Å². The molecule has 0 radical (unpaired) electrons. The predicted octanol–water partition coefficient (Wildman–Crippen LogP) is 5.57. The first-order valence-electron chi connectivity index (χ1n) is 9.70. The molecule has 0 unspecified atom stereocenters. The molecule has 3 aromatic carbocycles. The molecule has 0 aliphatic carbocycles. The molecule has 1 aromatic heterocycles. The van der Waals surface area contributed by atoms with Crippen molar-refractivity contribution in [2.45, 2.75) is 18.4 Å². The highest BCUT2D eigenvalue weighted by Crippen LogP contribution is 2.35. The molecule has 32 heavy (non-hydrogen) atoms. The van der Waals surface area contributed by atoms with Gasteiger partial charge in [0.1, 0.15) is 6.07 Å². The molecule has 1 heterocycles. The molecule has 0 saturated heterocycles. The molecule has 0 atom stereocenters. The summed E-state index contributed by atoms with van der Waals surface area (Å²) in [5.74, 6) is 0.0165. The van der Waals surface area contributed by atoms with Crippen LogP contribution in [0, 0.1) is 18.3 Å². The number of anilines is 1. The van der Waals surface area contributed by atoms with Crippen LogP contribution in [0.15, 0.2) is 88.2 Å². The van der Waals surface area contributed by atoms with E-state index in [1.165, 1.54) is 6.07 Å². The summed E-state index contributed by atoms with van der Waals surface area (Å²) in [6.07, 6.45) is 0. The first-order chi connectivity index (χ1) is 15.4. The second-order valence-electron chi connectivity index (χ2n) is 7.01. The zero-order valence-electron chi connectivity index (χ0n) is 17.1. The smallest absolute Gasteiger partial charge is 0.267 e. The van der Waals surface area contributed by atoms with Crippen LogP contribution in [0.3, 0.4) is 0 Å². The minimum atomic E-state index is -4.14. The summed E-state index contributed by atoms with van der Waals surface area (Å²) < 4.78 is 34.5. The Morgan fingerprint density at radius 3 is 2.31 bits per heavy atom. The number of halogens is 1.